The van der Waals surface area contributed by atoms with E-state index >= 15 is 0 Å². The average Bonchev–Trinajstić information content (AvgIpc) is 2.76. The fourth-order valence-corrected chi connectivity index (χ4v) is 1.39. The van der Waals surface area contributed by atoms with Crippen molar-refractivity contribution in [3.63, 3.8) is 0 Å². The highest BCUT2D eigenvalue weighted by atomic mass is 19.1. The Bertz CT molecular complexity index is 568. The average molecular weight is 237 g/mol. The SMILES string of the molecule is O=[N+]([O-])c1cc(F)cc(-n2ccc(CO)n2)c1. The number of halogens is 1. The molecule has 0 atom stereocenters. The van der Waals surface area contributed by atoms with Crippen LogP contribution in [0.1, 0.15) is 5.69 Å². The van der Waals surface area contributed by atoms with Crippen LogP contribution >= 0.6 is 0 Å². The van der Waals surface area contributed by atoms with Gasteiger partial charge >= 0.3 is 0 Å². The first-order valence-electron chi connectivity index (χ1n) is 4.71. The molecule has 2 rings (SSSR count). The molecule has 0 aliphatic heterocycles. The molecule has 88 valence electrons. The molecule has 0 amide bonds. The highest BCUT2D eigenvalue weighted by molar-refractivity contribution is 5.43. The Kier molecular flexibility index (Phi) is 2.84. The molecule has 0 aliphatic carbocycles. The highest BCUT2D eigenvalue weighted by Gasteiger charge is 2.11. The molecule has 6 nitrogen and oxygen atoms in total. The summed E-state index contributed by atoms with van der Waals surface area (Å²) in [5.74, 6) is -0.713. The predicted octanol–water partition coefficient (Wildman–Crippen LogP) is 1.41. The van der Waals surface area contributed by atoms with Gasteiger partial charge in [-0.15, -0.1) is 0 Å². The molecule has 1 N–H and O–H groups in total. The van der Waals surface area contributed by atoms with Gasteiger partial charge in [-0.3, -0.25) is 10.1 Å². The zero-order chi connectivity index (χ0) is 12.4. The molecule has 0 fully saturated rings. The van der Waals surface area contributed by atoms with Crippen molar-refractivity contribution < 1.29 is 14.4 Å². The number of rotatable bonds is 3. The Hall–Kier alpha value is -2.28. The number of hydrogen-bond donors (Lipinski definition) is 1. The fraction of sp³-hybridized carbons (Fsp3) is 0.100. The first-order chi connectivity index (χ1) is 8.10. The van der Waals surface area contributed by atoms with Gasteiger partial charge in [0.2, 0.25) is 0 Å². The second-order valence-electron chi connectivity index (χ2n) is 3.33. The van der Waals surface area contributed by atoms with Gasteiger partial charge in [0.05, 0.1) is 29.0 Å². The molecule has 7 heteroatoms. The molecule has 0 saturated heterocycles. The molecule has 2 aromatic rings. The number of aliphatic hydroxyl groups is 1. The van der Waals surface area contributed by atoms with Crippen LogP contribution in [0.4, 0.5) is 10.1 Å². The number of nitro benzene ring substituents is 1. The van der Waals surface area contributed by atoms with Gasteiger partial charge in [0.1, 0.15) is 5.82 Å². The smallest absolute Gasteiger partial charge is 0.274 e. The van der Waals surface area contributed by atoms with Gasteiger partial charge in [0, 0.05) is 18.3 Å². The minimum absolute atomic E-state index is 0.233. The van der Waals surface area contributed by atoms with E-state index in [2.05, 4.69) is 5.10 Å². The standard InChI is InChI=1S/C10H8FN3O3/c11-7-3-9(5-10(4-7)14(16)17)13-2-1-8(6-15)12-13/h1-5,15H,6H2. The summed E-state index contributed by atoms with van der Waals surface area (Å²) in [5.41, 5.74) is 0.286. The van der Waals surface area contributed by atoms with E-state index in [1.807, 2.05) is 0 Å². The zero-order valence-electron chi connectivity index (χ0n) is 8.58. The van der Waals surface area contributed by atoms with Gasteiger partial charge in [-0.1, -0.05) is 0 Å². The fourth-order valence-electron chi connectivity index (χ4n) is 1.39. The van der Waals surface area contributed by atoms with Crippen molar-refractivity contribution in [3.05, 3.63) is 52.1 Å². The van der Waals surface area contributed by atoms with Gasteiger partial charge in [0.15, 0.2) is 0 Å². The first kappa shape index (κ1) is 11.2. The first-order valence-corrected chi connectivity index (χ1v) is 4.71. The van der Waals surface area contributed by atoms with Crippen LogP contribution in [-0.4, -0.2) is 19.8 Å². The monoisotopic (exact) mass is 237 g/mol. The Morgan fingerprint density at radius 3 is 2.82 bits per heavy atom. The Morgan fingerprint density at radius 1 is 1.47 bits per heavy atom. The lowest BCUT2D eigenvalue weighted by atomic mass is 10.3. The molecule has 0 bridgehead atoms. The van der Waals surface area contributed by atoms with Crippen LogP contribution in [0, 0.1) is 15.9 Å². The third kappa shape index (κ3) is 2.28. The molecule has 1 aromatic carbocycles. The molecule has 17 heavy (non-hydrogen) atoms. The number of non-ortho nitro benzene ring substituents is 1. The molecular formula is C10H8FN3O3. The third-order valence-corrected chi connectivity index (χ3v) is 2.15. The normalized spacial score (nSPS) is 10.5. The van der Waals surface area contributed by atoms with E-state index in [1.54, 1.807) is 0 Å². The van der Waals surface area contributed by atoms with Gasteiger partial charge in [-0.25, -0.2) is 9.07 Å². The largest absolute Gasteiger partial charge is 0.390 e. The maximum atomic E-state index is 13.2. The van der Waals surface area contributed by atoms with E-state index in [-0.39, 0.29) is 18.0 Å². The summed E-state index contributed by atoms with van der Waals surface area (Å²) in [4.78, 5) is 9.89. The summed E-state index contributed by atoms with van der Waals surface area (Å²) in [5, 5.41) is 23.3. The van der Waals surface area contributed by atoms with E-state index in [4.69, 9.17) is 5.11 Å². The Balaban J connectivity index is 2.47. The van der Waals surface area contributed by atoms with E-state index in [0.717, 1.165) is 12.1 Å². The second kappa shape index (κ2) is 4.30. The van der Waals surface area contributed by atoms with Gasteiger partial charge < -0.3 is 5.11 Å². The van der Waals surface area contributed by atoms with Crippen molar-refractivity contribution in [2.75, 3.05) is 0 Å². The van der Waals surface area contributed by atoms with E-state index in [9.17, 15) is 14.5 Å². The van der Waals surface area contributed by atoms with E-state index in [0.29, 0.717) is 5.69 Å². The summed E-state index contributed by atoms with van der Waals surface area (Å²) >= 11 is 0. The summed E-state index contributed by atoms with van der Waals surface area (Å²) in [7, 11) is 0. The maximum absolute atomic E-state index is 13.2. The molecule has 0 spiro atoms. The Labute approximate surface area is 95.1 Å². The van der Waals surface area contributed by atoms with Crippen molar-refractivity contribution in [1.82, 2.24) is 9.78 Å². The van der Waals surface area contributed by atoms with Crippen LogP contribution in [-0.2, 0) is 6.61 Å². The van der Waals surface area contributed by atoms with E-state index in [1.165, 1.54) is 23.0 Å². The predicted molar refractivity (Wildman–Crippen MR) is 56.1 cm³/mol. The van der Waals surface area contributed by atoms with Crippen molar-refractivity contribution in [2.45, 2.75) is 6.61 Å². The minimum Gasteiger partial charge on any atom is -0.390 e. The molecule has 0 aliphatic rings. The number of nitrogens with zero attached hydrogens (tertiary/aromatic N) is 3. The lowest BCUT2D eigenvalue weighted by Gasteiger charge is -2.01. The molecular weight excluding hydrogens is 229 g/mol. The molecule has 0 radical (unpaired) electrons. The van der Waals surface area contributed by atoms with Crippen LogP contribution in [0.15, 0.2) is 30.5 Å². The van der Waals surface area contributed by atoms with Crippen LogP contribution in [0.5, 0.6) is 0 Å². The second-order valence-corrected chi connectivity index (χ2v) is 3.33. The summed E-state index contributed by atoms with van der Waals surface area (Å²) < 4.78 is 14.4. The van der Waals surface area contributed by atoms with Crippen molar-refractivity contribution in [1.29, 1.82) is 0 Å². The van der Waals surface area contributed by atoms with E-state index < -0.39 is 10.7 Å². The topological polar surface area (TPSA) is 81.2 Å². The van der Waals surface area contributed by atoms with Crippen LogP contribution in [0.25, 0.3) is 5.69 Å². The number of aromatic nitrogens is 2. The minimum atomic E-state index is -0.713. The lowest BCUT2D eigenvalue weighted by molar-refractivity contribution is -0.385. The van der Waals surface area contributed by atoms with Crippen LogP contribution in [0.3, 0.4) is 0 Å². The Morgan fingerprint density at radius 2 is 2.24 bits per heavy atom. The maximum Gasteiger partial charge on any atom is 0.274 e. The molecule has 0 unspecified atom stereocenters. The number of benzene rings is 1. The zero-order valence-corrected chi connectivity index (χ0v) is 8.58. The lowest BCUT2D eigenvalue weighted by Crippen LogP contribution is -1.99. The molecule has 1 aromatic heterocycles. The highest BCUT2D eigenvalue weighted by Crippen LogP contribution is 2.19. The summed E-state index contributed by atoms with van der Waals surface area (Å²) in [6, 6.07) is 4.70. The van der Waals surface area contributed by atoms with Crippen LogP contribution in [0.2, 0.25) is 0 Å². The quantitative estimate of drug-likeness (QED) is 0.646. The van der Waals surface area contributed by atoms with Crippen molar-refractivity contribution >= 4 is 5.69 Å². The van der Waals surface area contributed by atoms with Gasteiger partial charge in [-0.2, -0.15) is 5.10 Å². The van der Waals surface area contributed by atoms with Crippen molar-refractivity contribution in [3.8, 4) is 5.69 Å². The van der Waals surface area contributed by atoms with Crippen molar-refractivity contribution in [2.24, 2.45) is 0 Å². The molecule has 1 heterocycles. The number of aliphatic hydroxyl groups excluding tert-OH is 1. The number of nitro groups is 1. The summed E-state index contributed by atoms with van der Waals surface area (Å²) in [6.07, 6.45) is 1.49. The summed E-state index contributed by atoms with van der Waals surface area (Å²) in [6.45, 7) is -0.246. The van der Waals surface area contributed by atoms with Gasteiger partial charge in [0.25, 0.3) is 5.69 Å². The third-order valence-electron chi connectivity index (χ3n) is 2.15. The van der Waals surface area contributed by atoms with Gasteiger partial charge in [-0.05, 0) is 6.07 Å². The van der Waals surface area contributed by atoms with Crippen LogP contribution < -0.4 is 0 Å². The number of hydrogen-bond acceptors (Lipinski definition) is 4. The molecule has 0 saturated carbocycles.